The van der Waals surface area contributed by atoms with Crippen LogP contribution in [0.1, 0.15) is 18.5 Å². The molecule has 1 aromatic heterocycles. The molecule has 1 fully saturated rings. The summed E-state index contributed by atoms with van der Waals surface area (Å²) in [4.78, 5) is 28.2. The summed E-state index contributed by atoms with van der Waals surface area (Å²) in [5.41, 5.74) is -0.0531. The van der Waals surface area contributed by atoms with Crippen LogP contribution in [0.3, 0.4) is 0 Å². The Bertz CT molecular complexity index is 565. The van der Waals surface area contributed by atoms with E-state index in [2.05, 4.69) is 16.0 Å². The van der Waals surface area contributed by atoms with E-state index in [9.17, 15) is 9.59 Å². The number of hydrogen-bond donors (Lipinski definition) is 1. The Morgan fingerprint density at radius 1 is 1.47 bits per heavy atom. The average molecular weight is 262 g/mol. The highest BCUT2D eigenvalue weighted by Crippen LogP contribution is 2.14. The van der Waals surface area contributed by atoms with E-state index in [0.717, 1.165) is 25.9 Å². The van der Waals surface area contributed by atoms with Gasteiger partial charge in [-0.1, -0.05) is 0 Å². The van der Waals surface area contributed by atoms with Gasteiger partial charge in [-0.15, -0.1) is 0 Å². The van der Waals surface area contributed by atoms with Crippen LogP contribution in [0.15, 0.2) is 15.7 Å². The Morgan fingerprint density at radius 2 is 2.26 bits per heavy atom. The van der Waals surface area contributed by atoms with Crippen LogP contribution in [-0.4, -0.2) is 34.1 Å². The van der Waals surface area contributed by atoms with Gasteiger partial charge in [0.25, 0.3) is 5.56 Å². The van der Waals surface area contributed by atoms with Crippen molar-refractivity contribution in [3.8, 4) is 6.07 Å². The number of nitriles is 1. The smallest absolute Gasteiger partial charge is 0.311 e. The highest BCUT2D eigenvalue weighted by Gasteiger charge is 2.19. The van der Waals surface area contributed by atoms with E-state index in [1.54, 1.807) is 6.92 Å². The standard InChI is InChI=1S/C13H18N4O2/c1-10-7-12(18)17(13(19)15-10)6-5-16-4-2-3-11(8-14)9-16/h7,11H,2-6,9H2,1H3,(H,15,19)/t11-/m0/s1. The minimum atomic E-state index is -0.362. The Hall–Kier alpha value is -1.87. The second kappa shape index (κ2) is 5.85. The summed E-state index contributed by atoms with van der Waals surface area (Å²) in [7, 11) is 0. The first-order valence-electron chi connectivity index (χ1n) is 6.53. The van der Waals surface area contributed by atoms with E-state index in [4.69, 9.17) is 5.26 Å². The van der Waals surface area contributed by atoms with E-state index in [1.165, 1.54) is 10.6 Å². The van der Waals surface area contributed by atoms with Crippen molar-refractivity contribution >= 4 is 0 Å². The van der Waals surface area contributed by atoms with Crippen molar-refractivity contribution in [3.63, 3.8) is 0 Å². The zero-order valence-electron chi connectivity index (χ0n) is 11.1. The Balaban J connectivity index is 2.02. The van der Waals surface area contributed by atoms with Gasteiger partial charge in [-0.2, -0.15) is 5.26 Å². The van der Waals surface area contributed by atoms with Gasteiger partial charge in [0.05, 0.1) is 12.0 Å². The summed E-state index contributed by atoms with van der Waals surface area (Å²) in [6.45, 7) is 4.35. The van der Waals surface area contributed by atoms with Crippen molar-refractivity contribution in [1.82, 2.24) is 14.5 Å². The zero-order valence-corrected chi connectivity index (χ0v) is 11.1. The number of rotatable bonds is 3. The third-order valence-corrected chi connectivity index (χ3v) is 3.48. The zero-order chi connectivity index (χ0) is 13.8. The van der Waals surface area contributed by atoms with Crippen LogP contribution in [0.5, 0.6) is 0 Å². The van der Waals surface area contributed by atoms with Gasteiger partial charge in [0.1, 0.15) is 0 Å². The average Bonchev–Trinajstić information content (AvgIpc) is 2.37. The summed E-state index contributed by atoms with van der Waals surface area (Å²) < 4.78 is 1.21. The molecule has 0 unspecified atom stereocenters. The first-order valence-corrected chi connectivity index (χ1v) is 6.53. The molecule has 102 valence electrons. The molecule has 0 radical (unpaired) electrons. The van der Waals surface area contributed by atoms with Gasteiger partial charge in [0, 0.05) is 31.4 Å². The van der Waals surface area contributed by atoms with Gasteiger partial charge in [-0.05, 0) is 26.3 Å². The van der Waals surface area contributed by atoms with Crippen LogP contribution in [0.25, 0.3) is 0 Å². The summed E-state index contributed by atoms with van der Waals surface area (Å²) in [6, 6.07) is 3.71. The third-order valence-electron chi connectivity index (χ3n) is 3.48. The molecule has 1 aliphatic heterocycles. The van der Waals surface area contributed by atoms with Crippen molar-refractivity contribution in [1.29, 1.82) is 5.26 Å². The van der Waals surface area contributed by atoms with Gasteiger partial charge in [-0.25, -0.2) is 4.79 Å². The van der Waals surface area contributed by atoms with Crippen molar-refractivity contribution in [2.45, 2.75) is 26.3 Å². The number of H-pyrrole nitrogens is 1. The number of aromatic nitrogens is 2. The van der Waals surface area contributed by atoms with Crippen molar-refractivity contribution < 1.29 is 0 Å². The van der Waals surface area contributed by atoms with Crippen molar-refractivity contribution in [3.05, 3.63) is 32.6 Å². The number of nitrogens with zero attached hydrogens (tertiary/aromatic N) is 3. The summed E-state index contributed by atoms with van der Waals surface area (Å²) in [5, 5.41) is 8.93. The largest absolute Gasteiger partial charge is 0.328 e. The van der Waals surface area contributed by atoms with Crippen LogP contribution >= 0.6 is 0 Å². The Morgan fingerprint density at radius 3 is 2.95 bits per heavy atom. The molecule has 2 rings (SSSR count). The van der Waals surface area contributed by atoms with E-state index in [-0.39, 0.29) is 17.2 Å². The van der Waals surface area contributed by atoms with Crippen molar-refractivity contribution in [2.75, 3.05) is 19.6 Å². The maximum Gasteiger partial charge on any atom is 0.328 e. The lowest BCUT2D eigenvalue weighted by molar-refractivity contribution is 0.191. The number of aryl methyl sites for hydroxylation is 1. The molecule has 0 bridgehead atoms. The quantitative estimate of drug-likeness (QED) is 0.836. The Kier molecular flexibility index (Phi) is 4.17. The lowest BCUT2D eigenvalue weighted by Gasteiger charge is -2.29. The molecule has 0 amide bonds. The number of nitrogens with one attached hydrogen (secondary N) is 1. The van der Waals surface area contributed by atoms with Crippen LogP contribution < -0.4 is 11.2 Å². The van der Waals surface area contributed by atoms with Crippen LogP contribution in [0.2, 0.25) is 0 Å². The molecule has 0 aromatic carbocycles. The maximum absolute atomic E-state index is 11.7. The summed E-state index contributed by atoms with van der Waals surface area (Å²) in [5.74, 6) is 0.0711. The van der Waals surface area contributed by atoms with E-state index < -0.39 is 0 Å². The lowest BCUT2D eigenvalue weighted by atomic mass is 10.00. The summed E-state index contributed by atoms with van der Waals surface area (Å²) >= 11 is 0. The molecule has 2 heterocycles. The molecular weight excluding hydrogens is 244 g/mol. The minimum Gasteiger partial charge on any atom is -0.311 e. The van der Waals surface area contributed by atoms with Gasteiger partial charge in [-0.3, -0.25) is 9.36 Å². The first kappa shape index (κ1) is 13.6. The predicted octanol–water partition coefficient (Wildman–Crippen LogP) is 0.0806. The van der Waals surface area contributed by atoms with Crippen LogP contribution in [-0.2, 0) is 6.54 Å². The molecular formula is C13H18N4O2. The number of hydrogen-bond acceptors (Lipinski definition) is 4. The second-order valence-electron chi connectivity index (χ2n) is 5.02. The van der Waals surface area contributed by atoms with Gasteiger partial charge in [0.15, 0.2) is 0 Å². The van der Waals surface area contributed by atoms with E-state index >= 15 is 0 Å². The molecule has 0 aliphatic carbocycles. The molecule has 19 heavy (non-hydrogen) atoms. The topological polar surface area (TPSA) is 81.9 Å². The third kappa shape index (κ3) is 3.32. The SMILES string of the molecule is Cc1cc(=O)n(CCN2CCC[C@@H](C#N)C2)c(=O)[nH]1. The monoisotopic (exact) mass is 262 g/mol. The number of likely N-dealkylation sites (tertiary alicyclic amines) is 1. The van der Waals surface area contributed by atoms with Crippen molar-refractivity contribution in [2.24, 2.45) is 5.92 Å². The fourth-order valence-electron chi connectivity index (χ4n) is 2.45. The van der Waals surface area contributed by atoms with Gasteiger partial charge < -0.3 is 9.88 Å². The molecule has 1 aromatic rings. The van der Waals surface area contributed by atoms with E-state index in [0.29, 0.717) is 18.8 Å². The number of aromatic amines is 1. The number of piperidine rings is 1. The highest BCUT2D eigenvalue weighted by atomic mass is 16.2. The molecule has 0 saturated carbocycles. The predicted molar refractivity (Wildman–Crippen MR) is 70.8 cm³/mol. The molecule has 1 aliphatic rings. The fraction of sp³-hybridized carbons (Fsp3) is 0.615. The molecule has 6 nitrogen and oxygen atoms in total. The normalized spacial score (nSPS) is 20.1. The highest BCUT2D eigenvalue weighted by molar-refractivity contribution is 4.96. The van der Waals surface area contributed by atoms with Crippen LogP contribution in [0.4, 0.5) is 0 Å². The molecule has 1 saturated heterocycles. The van der Waals surface area contributed by atoms with E-state index in [1.807, 2.05) is 0 Å². The molecule has 1 atom stereocenters. The summed E-state index contributed by atoms with van der Waals surface area (Å²) in [6.07, 6.45) is 1.94. The second-order valence-corrected chi connectivity index (χ2v) is 5.02. The van der Waals surface area contributed by atoms with Crippen LogP contribution in [0, 0.1) is 24.2 Å². The molecule has 6 heteroatoms. The fourth-order valence-corrected chi connectivity index (χ4v) is 2.45. The molecule has 1 N–H and O–H groups in total. The van der Waals surface area contributed by atoms with Gasteiger partial charge in [0.2, 0.25) is 0 Å². The lowest BCUT2D eigenvalue weighted by Crippen LogP contribution is -2.42. The minimum absolute atomic E-state index is 0.0711. The first-order chi connectivity index (χ1) is 9.10. The van der Waals surface area contributed by atoms with Gasteiger partial charge >= 0.3 is 5.69 Å². The Labute approximate surface area is 111 Å². The maximum atomic E-state index is 11.7. The molecule has 0 spiro atoms.